The minimum absolute atomic E-state index is 0.0117. The zero-order valence-corrected chi connectivity index (χ0v) is 44.3. The lowest BCUT2D eigenvalue weighted by Gasteiger charge is -2.42. The first-order valence-electron chi connectivity index (χ1n) is 25.2. The number of fused-ring (bicyclic) bond motifs is 3. The van der Waals surface area contributed by atoms with Crippen molar-refractivity contribution < 1.29 is 67.0 Å². The Bertz CT molecular complexity index is 1940. The van der Waals surface area contributed by atoms with Crippen LogP contribution in [0.5, 0.6) is 0 Å². The van der Waals surface area contributed by atoms with Gasteiger partial charge in [0.05, 0.1) is 24.4 Å². The molecule has 1 unspecified atom stereocenters. The number of Topliss-reactive ketones (excluding diaryl/α,β-unsaturated/α-hetero) is 3. The van der Waals surface area contributed by atoms with E-state index in [1.54, 1.807) is 54.4 Å². The van der Waals surface area contributed by atoms with Crippen molar-refractivity contribution in [3.63, 3.8) is 0 Å². The summed E-state index contributed by atoms with van der Waals surface area (Å²) in [5, 5.41) is 23.5. The molecule has 3 fully saturated rings. The van der Waals surface area contributed by atoms with E-state index in [2.05, 4.69) is 0 Å². The van der Waals surface area contributed by atoms with E-state index in [1.807, 2.05) is 58.1 Å². The molecule has 15 nitrogen and oxygen atoms in total. The number of hydrogen-bond acceptors (Lipinski definition) is 14. The number of amides is 1. The fourth-order valence-electron chi connectivity index (χ4n) is 10.5. The second kappa shape index (κ2) is 26.5. The summed E-state index contributed by atoms with van der Waals surface area (Å²) in [6.07, 6.45) is 11.4. The van der Waals surface area contributed by atoms with Crippen LogP contribution in [0.2, 0.25) is 0 Å². The Labute approximate surface area is 411 Å². The third-order valence-electron chi connectivity index (χ3n) is 14.8. The molecule has 2 bridgehead atoms. The average Bonchev–Trinajstić information content (AvgIpc) is 3.30. The third-order valence-corrected chi connectivity index (χ3v) is 15.6. The molecule has 4 aliphatic rings. The first-order valence-corrected chi connectivity index (χ1v) is 27.7. The Hall–Kier alpha value is -3.14. The van der Waals surface area contributed by atoms with Gasteiger partial charge >= 0.3 is 5.97 Å². The summed E-state index contributed by atoms with van der Waals surface area (Å²) in [6.45, 7) is 15.9. The van der Waals surface area contributed by atoms with E-state index in [1.165, 1.54) is 12.0 Å². The van der Waals surface area contributed by atoms with Gasteiger partial charge in [0.15, 0.2) is 13.2 Å². The average molecular weight is 990 g/mol. The molecule has 1 amide bonds. The Morgan fingerprint density at radius 3 is 2.22 bits per heavy atom. The van der Waals surface area contributed by atoms with Gasteiger partial charge in [-0.05, 0) is 107 Å². The van der Waals surface area contributed by atoms with Crippen LogP contribution in [0.4, 0.5) is 0 Å². The summed E-state index contributed by atoms with van der Waals surface area (Å²) >= 11 is 0. The number of methoxy groups -OCH3 is 3. The van der Waals surface area contributed by atoms with Gasteiger partial charge in [0.25, 0.3) is 11.7 Å². The summed E-state index contributed by atoms with van der Waals surface area (Å²) in [5.41, 5.74) is 1.25. The summed E-state index contributed by atoms with van der Waals surface area (Å²) < 4.78 is 48.2. The van der Waals surface area contributed by atoms with Gasteiger partial charge in [-0.3, -0.25) is 23.7 Å². The van der Waals surface area contributed by atoms with Crippen LogP contribution in [0.15, 0.2) is 47.6 Å². The van der Waals surface area contributed by atoms with Crippen molar-refractivity contribution >= 4 is 36.6 Å². The summed E-state index contributed by atoms with van der Waals surface area (Å²) in [7, 11) is 1.76. The van der Waals surface area contributed by atoms with Gasteiger partial charge in [0.1, 0.15) is 30.1 Å². The van der Waals surface area contributed by atoms with Crippen LogP contribution in [-0.4, -0.2) is 140 Å². The van der Waals surface area contributed by atoms with Gasteiger partial charge < -0.3 is 43.3 Å². The Morgan fingerprint density at radius 2 is 1.57 bits per heavy atom. The number of cyclic esters (lactones) is 1. The highest BCUT2D eigenvalue weighted by Gasteiger charge is 2.53. The highest BCUT2D eigenvalue weighted by atomic mass is 31.2. The molecule has 390 valence electrons. The molecule has 0 radical (unpaired) electrons. The van der Waals surface area contributed by atoms with Crippen LogP contribution in [0.3, 0.4) is 0 Å². The number of ether oxygens (including phenoxy) is 5. The second-order valence-corrected chi connectivity index (χ2v) is 23.6. The van der Waals surface area contributed by atoms with Crippen LogP contribution in [0.1, 0.15) is 126 Å². The molecule has 1 saturated carbocycles. The lowest BCUT2D eigenvalue weighted by atomic mass is 9.78. The van der Waals surface area contributed by atoms with Crippen molar-refractivity contribution in [2.75, 3.05) is 41.2 Å². The minimum atomic E-state index is -2.79. The number of hydrogen-bond donors (Lipinski definition) is 2. The van der Waals surface area contributed by atoms with E-state index in [-0.39, 0.29) is 60.9 Å². The number of carbonyl (C=O) groups excluding carboxylic acids is 5. The van der Waals surface area contributed by atoms with Gasteiger partial charge in [-0.1, -0.05) is 71.1 Å². The molecule has 0 aromatic carbocycles. The van der Waals surface area contributed by atoms with Crippen molar-refractivity contribution in [1.29, 1.82) is 0 Å². The smallest absolute Gasteiger partial charge is 0.329 e. The van der Waals surface area contributed by atoms with Gasteiger partial charge in [-0.25, -0.2) is 4.79 Å². The molecular formula is C53H84NO14P. The lowest BCUT2D eigenvalue weighted by Crippen LogP contribution is -2.61. The Balaban J connectivity index is 1.70. The monoisotopic (exact) mass is 990 g/mol. The topological polar surface area (TPSA) is 201 Å². The number of rotatable bonds is 8. The molecule has 0 aromatic rings. The van der Waals surface area contributed by atoms with Crippen molar-refractivity contribution in [2.24, 2.45) is 35.5 Å². The number of piperidine rings is 1. The zero-order valence-electron chi connectivity index (χ0n) is 43.4. The first-order chi connectivity index (χ1) is 32.4. The molecule has 0 aromatic heterocycles. The molecule has 16 heteroatoms. The predicted molar refractivity (Wildman–Crippen MR) is 263 cm³/mol. The fraction of sp³-hybridized carbons (Fsp3) is 0.755. The summed E-state index contributed by atoms with van der Waals surface area (Å²) in [4.78, 5) is 72.2. The number of allylic oxidation sites excluding steroid dienone is 6. The van der Waals surface area contributed by atoms with Gasteiger partial charge in [-0.2, -0.15) is 0 Å². The van der Waals surface area contributed by atoms with E-state index in [9.17, 15) is 38.8 Å². The molecule has 2 saturated heterocycles. The van der Waals surface area contributed by atoms with Crippen molar-refractivity contribution in [1.82, 2.24) is 4.90 Å². The van der Waals surface area contributed by atoms with Crippen molar-refractivity contribution in [2.45, 2.75) is 180 Å². The standard InChI is InChI=1S/C53H84NO14P/c1-32-18-14-13-15-19-33(2)44(63-8)30-40-23-21-38(7)53(61,67-40)50(58)51(59)54-25-17-16-20-41(54)52(60)66-45(35(4)28-39-22-24-43(46(29-39)64-9)68-69(11,12)62)31-42(55)34(3)27-37(6)48(57)49(65-10)47(56)36(5)26-32/h13-15,18-19,27,32,34-36,38-41,43-46,48-49,57,61H,16-17,20-26,28-31H2,1-12H3/b15-13+,18-14+,33-19+,37-27+/t32-,34-,35-,36-,38-,39+,40+,41+,43-,44+,45+,46-,48-,49?,53-/m1/s1. The molecule has 69 heavy (non-hydrogen) atoms. The van der Waals surface area contributed by atoms with Crippen LogP contribution >= 0.6 is 7.37 Å². The number of carbonyl (C=O) groups is 5. The molecule has 0 spiro atoms. The molecule has 15 atom stereocenters. The van der Waals surface area contributed by atoms with E-state index in [0.717, 1.165) is 12.0 Å². The highest BCUT2D eigenvalue weighted by molar-refractivity contribution is 7.57. The minimum Gasteiger partial charge on any atom is -0.460 e. The molecular weight excluding hydrogens is 906 g/mol. The SMILES string of the molecule is COC1C(=O)[C@H](C)C[C@H](C)/C=C/C=C/C=C(\C)[C@@H](OC)C[C@@H]2CC[C@@H](C)[C@@](O)(O2)C(=O)C(=O)N2CCCC[C@H]2C(=O)O[C@H]([C@H](C)C[C@@H]2CC[C@@H](OP(C)(C)=O)[C@H](OC)C2)CC(=O)[C@H](C)/C=C(\C)[C@H]1O. The van der Waals surface area contributed by atoms with Crippen LogP contribution in [0.25, 0.3) is 0 Å². The van der Waals surface area contributed by atoms with Gasteiger partial charge in [-0.15, -0.1) is 0 Å². The number of nitrogens with zero attached hydrogens (tertiary/aromatic N) is 1. The molecule has 4 rings (SSSR count). The van der Waals surface area contributed by atoms with Gasteiger partial charge in [0, 0.05) is 71.8 Å². The van der Waals surface area contributed by atoms with E-state index in [4.69, 9.17) is 28.2 Å². The van der Waals surface area contributed by atoms with Crippen LogP contribution in [-0.2, 0) is 56.7 Å². The molecule has 2 N–H and O–H groups in total. The number of aliphatic hydroxyl groups is 2. The van der Waals surface area contributed by atoms with Crippen molar-refractivity contribution in [3.8, 4) is 0 Å². The Kier molecular flexibility index (Phi) is 22.5. The maximum absolute atomic E-state index is 14.5. The lowest BCUT2D eigenvalue weighted by molar-refractivity contribution is -0.265. The third kappa shape index (κ3) is 16.2. The zero-order chi connectivity index (χ0) is 51.4. The number of ketones is 3. The molecule has 3 aliphatic heterocycles. The van der Waals surface area contributed by atoms with E-state index < -0.39 is 85.1 Å². The fourth-order valence-corrected chi connectivity index (χ4v) is 11.4. The molecule has 1 aliphatic carbocycles. The Morgan fingerprint density at radius 1 is 0.855 bits per heavy atom. The summed E-state index contributed by atoms with van der Waals surface area (Å²) in [6, 6.07) is -1.16. The maximum Gasteiger partial charge on any atom is 0.329 e. The van der Waals surface area contributed by atoms with Crippen LogP contribution < -0.4 is 0 Å². The summed E-state index contributed by atoms with van der Waals surface area (Å²) in [5.74, 6) is -8.11. The number of aliphatic hydroxyl groups excluding tert-OH is 1. The maximum atomic E-state index is 14.5. The van der Waals surface area contributed by atoms with Gasteiger partial charge in [0.2, 0.25) is 5.79 Å². The quantitative estimate of drug-likeness (QED) is 0.104. The van der Waals surface area contributed by atoms with E-state index in [0.29, 0.717) is 63.4 Å². The second-order valence-electron chi connectivity index (χ2n) is 20.9. The van der Waals surface area contributed by atoms with Crippen molar-refractivity contribution in [3.05, 3.63) is 47.6 Å². The van der Waals surface area contributed by atoms with E-state index >= 15 is 0 Å². The highest BCUT2D eigenvalue weighted by Crippen LogP contribution is 2.45. The molecule has 3 heterocycles. The normalized spacial score (nSPS) is 39.0. The first kappa shape index (κ1) is 58.4. The largest absolute Gasteiger partial charge is 0.460 e. The predicted octanol–water partition coefficient (Wildman–Crippen LogP) is 7.74. The number of esters is 1. The van der Waals surface area contributed by atoms with Crippen LogP contribution in [0, 0.1) is 35.5 Å².